The first-order valence-corrected chi connectivity index (χ1v) is 6.73. The highest BCUT2D eigenvalue weighted by Crippen LogP contribution is 2.32. The van der Waals surface area contributed by atoms with Crippen molar-refractivity contribution in [1.29, 1.82) is 0 Å². The number of hydrogen-bond donors (Lipinski definition) is 1. The second kappa shape index (κ2) is 6.29. The van der Waals surface area contributed by atoms with E-state index >= 15 is 0 Å². The van der Waals surface area contributed by atoms with E-state index < -0.39 is 0 Å². The highest BCUT2D eigenvalue weighted by atomic mass is 35.5. The Kier molecular flexibility index (Phi) is 4.70. The zero-order valence-electron chi connectivity index (χ0n) is 10.8. The van der Waals surface area contributed by atoms with E-state index in [9.17, 15) is 0 Å². The molecule has 2 rings (SSSR count). The molecule has 0 heterocycles. The minimum absolute atomic E-state index is 0.584. The van der Waals surface area contributed by atoms with Crippen molar-refractivity contribution in [1.82, 2.24) is 5.32 Å². The summed E-state index contributed by atoms with van der Waals surface area (Å²) in [4.78, 5) is 0. The van der Waals surface area contributed by atoms with Gasteiger partial charge in [-0.2, -0.15) is 0 Å². The summed E-state index contributed by atoms with van der Waals surface area (Å²) in [6.07, 6.45) is 0. The van der Waals surface area contributed by atoms with Crippen molar-refractivity contribution in [2.45, 2.75) is 13.5 Å². The molecule has 0 saturated heterocycles. The first-order valence-electron chi connectivity index (χ1n) is 5.97. The summed E-state index contributed by atoms with van der Waals surface area (Å²) >= 11 is 12.3. The Morgan fingerprint density at radius 3 is 2.53 bits per heavy atom. The molecule has 100 valence electrons. The van der Waals surface area contributed by atoms with Crippen molar-refractivity contribution >= 4 is 23.2 Å². The molecule has 19 heavy (non-hydrogen) atoms. The monoisotopic (exact) mass is 295 g/mol. The Labute approximate surface area is 123 Å². The lowest BCUT2D eigenvalue weighted by atomic mass is 10.2. The number of hydrogen-bond acceptors (Lipinski definition) is 2. The van der Waals surface area contributed by atoms with Crippen LogP contribution in [-0.2, 0) is 6.54 Å². The zero-order valence-corrected chi connectivity index (χ0v) is 12.3. The normalized spacial score (nSPS) is 10.5. The van der Waals surface area contributed by atoms with Gasteiger partial charge in [0, 0.05) is 11.6 Å². The van der Waals surface area contributed by atoms with Gasteiger partial charge in [0.1, 0.15) is 11.5 Å². The standard InChI is InChI=1S/C15H15Cl2NO/c1-10-3-6-13(16)15(7-10)19-12-5-4-11(9-18-2)14(17)8-12/h3-8,18H,9H2,1-2H3. The fraction of sp³-hybridized carbons (Fsp3) is 0.200. The quantitative estimate of drug-likeness (QED) is 0.874. The van der Waals surface area contributed by atoms with Gasteiger partial charge in [0.2, 0.25) is 0 Å². The van der Waals surface area contributed by atoms with Crippen LogP contribution >= 0.6 is 23.2 Å². The number of rotatable bonds is 4. The molecule has 0 fully saturated rings. The maximum Gasteiger partial charge on any atom is 0.146 e. The molecule has 2 nitrogen and oxygen atoms in total. The van der Waals surface area contributed by atoms with Gasteiger partial charge in [0.15, 0.2) is 0 Å². The van der Waals surface area contributed by atoms with Crippen molar-refractivity contribution in [3.8, 4) is 11.5 Å². The maximum absolute atomic E-state index is 6.19. The van der Waals surface area contributed by atoms with Crippen LogP contribution in [0.25, 0.3) is 0 Å². The molecule has 0 unspecified atom stereocenters. The number of aryl methyl sites for hydroxylation is 1. The van der Waals surface area contributed by atoms with Gasteiger partial charge in [0.25, 0.3) is 0 Å². The van der Waals surface area contributed by atoms with E-state index in [0.717, 1.165) is 17.7 Å². The van der Waals surface area contributed by atoms with Crippen molar-refractivity contribution in [2.75, 3.05) is 7.05 Å². The smallest absolute Gasteiger partial charge is 0.146 e. The van der Waals surface area contributed by atoms with Gasteiger partial charge in [-0.15, -0.1) is 0 Å². The van der Waals surface area contributed by atoms with Crippen molar-refractivity contribution in [3.63, 3.8) is 0 Å². The van der Waals surface area contributed by atoms with Gasteiger partial charge >= 0.3 is 0 Å². The maximum atomic E-state index is 6.19. The lowest BCUT2D eigenvalue weighted by Gasteiger charge is -2.10. The highest BCUT2D eigenvalue weighted by molar-refractivity contribution is 6.32. The third-order valence-corrected chi connectivity index (χ3v) is 3.37. The molecule has 1 N–H and O–H groups in total. The van der Waals surface area contributed by atoms with E-state index in [1.54, 1.807) is 6.07 Å². The summed E-state index contributed by atoms with van der Waals surface area (Å²) in [5, 5.41) is 4.32. The summed E-state index contributed by atoms with van der Waals surface area (Å²) in [5.41, 5.74) is 2.13. The Balaban J connectivity index is 2.24. The van der Waals surface area contributed by atoms with Gasteiger partial charge < -0.3 is 10.1 Å². The second-order valence-electron chi connectivity index (χ2n) is 4.32. The number of ether oxygens (including phenoxy) is 1. The molecule has 0 amide bonds. The van der Waals surface area contributed by atoms with Gasteiger partial charge in [-0.25, -0.2) is 0 Å². The molecule has 0 radical (unpaired) electrons. The Bertz CT molecular complexity index is 584. The van der Waals surface area contributed by atoms with E-state index in [4.69, 9.17) is 27.9 Å². The lowest BCUT2D eigenvalue weighted by Crippen LogP contribution is -2.05. The van der Waals surface area contributed by atoms with Crippen LogP contribution in [0.4, 0.5) is 0 Å². The minimum atomic E-state index is 0.584. The number of halogens is 2. The molecule has 0 bridgehead atoms. The number of nitrogens with one attached hydrogen (secondary N) is 1. The van der Waals surface area contributed by atoms with Gasteiger partial charge in [-0.05, 0) is 49.4 Å². The van der Waals surface area contributed by atoms with Crippen LogP contribution < -0.4 is 10.1 Å². The van der Waals surface area contributed by atoms with Crippen molar-refractivity contribution in [3.05, 3.63) is 57.6 Å². The van der Waals surface area contributed by atoms with Gasteiger partial charge in [-0.3, -0.25) is 0 Å². The van der Waals surface area contributed by atoms with Crippen LogP contribution in [0.2, 0.25) is 10.0 Å². The first kappa shape index (κ1) is 14.2. The highest BCUT2D eigenvalue weighted by Gasteiger charge is 2.06. The van der Waals surface area contributed by atoms with Crippen LogP contribution in [-0.4, -0.2) is 7.05 Å². The predicted octanol–water partition coefficient (Wildman–Crippen LogP) is 4.81. The Morgan fingerprint density at radius 1 is 1.05 bits per heavy atom. The molecule has 4 heteroatoms. The van der Waals surface area contributed by atoms with Crippen LogP contribution in [0, 0.1) is 6.92 Å². The molecule has 2 aromatic rings. The predicted molar refractivity (Wildman–Crippen MR) is 80.5 cm³/mol. The largest absolute Gasteiger partial charge is 0.456 e. The van der Waals surface area contributed by atoms with Crippen molar-refractivity contribution < 1.29 is 4.74 Å². The van der Waals surface area contributed by atoms with E-state index in [-0.39, 0.29) is 0 Å². The summed E-state index contributed by atoms with van der Waals surface area (Å²) in [6, 6.07) is 11.3. The first-order chi connectivity index (χ1) is 9.10. The second-order valence-corrected chi connectivity index (χ2v) is 5.13. The molecule has 2 aromatic carbocycles. The fourth-order valence-corrected chi connectivity index (χ4v) is 2.13. The summed E-state index contributed by atoms with van der Waals surface area (Å²) in [6.45, 7) is 2.72. The van der Waals surface area contributed by atoms with Crippen LogP contribution in [0.5, 0.6) is 11.5 Å². The summed E-state index contributed by atoms with van der Waals surface area (Å²) in [7, 11) is 1.88. The van der Waals surface area contributed by atoms with Crippen LogP contribution in [0.1, 0.15) is 11.1 Å². The molecule has 0 aliphatic heterocycles. The van der Waals surface area contributed by atoms with E-state index in [1.807, 2.05) is 44.3 Å². The van der Waals surface area contributed by atoms with Gasteiger partial charge in [0.05, 0.1) is 5.02 Å². The van der Waals surface area contributed by atoms with Gasteiger partial charge in [-0.1, -0.05) is 35.3 Å². The van der Waals surface area contributed by atoms with Crippen molar-refractivity contribution in [2.24, 2.45) is 0 Å². The third kappa shape index (κ3) is 3.63. The van der Waals surface area contributed by atoms with E-state index in [0.29, 0.717) is 21.5 Å². The average molecular weight is 296 g/mol. The molecule has 0 aliphatic rings. The zero-order chi connectivity index (χ0) is 13.8. The molecule has 0 aromatic heterocycles. The molecule has 0 atom stereocenters. The van der Waals surface area contributed by atoms with E-state index in [2.05, 4.69) is 5.32 Å². The Hall–Kier alpha value is -1.22. The average Bonchev–Trinajstić information content (AvgIpc) is 2.37. The lowest BCUT2D eigenvalue weighted by molar-refractivity contribution is 0.482. The molecular formula is C15H15Cl2NO. The third-order valence-electron chi connectivity index (χ3n) is 2.71. The summed E-state index contributed by atoms with van der Waals surface area (Å²) in [5.74, 6) is 1.32. The number of benzene rings is 2. The topological polar surface area (TPSA) is 21.3 Å². The SMILES string of the molecule is CNCc1ccc(Oc2cc(C)ccc2Cl)cc1Cl. The Morgan fingerprint density at radius 2 is 1.84 bits per heavy atom. The molecule has 0 spiro atoms. The van der Waals surface area contributed by atoms with E-state index in [1.165, 1.54) is 0 Å². The minimum Gasteiger partial charge on any atom is -0.456 e. The van der Waals surface area contributed by atoms with Crippen LogP contribution in [0.3, 0.4) is 0 Å². The molecule has 0 aliphatic carbocycles. The summed E-state index contributed by atoms with van der Waals surface area (Å²) < 4.78 is 5.77. The fourth-order valence-electron chi connectivity index (χ4n) is 1.74. The molecular weight excluding hydrogens is 281 g/mol. The van der Waals surface area contributed by atoms with Crippen LogP contribution in [0.15, 0.2) is 36.4 Å². The molecule has 0 saturated carbocycles.